The summed E-state index contributed by atoms with van der Waals surface area (Å²) in [6.45, 7) is 0. The molecule has 2 aliphatic carbocycles. The molecule has 14 rings (SSSR count). The van der Waals surface area contributed by atoms with Crippen molar-refractivity contribution in [2.24, 2.45) is 0 Å². The van der Waals surface area contributed by atoms with E-state index in [1.165, 1.54) is 94.0 Å². The van der Waals surface area contributed by atoms with Gasteiger partial charge < -0.3 is 9.32 Å². The van der Waals surface area contributed by atoms with Crippen molar-refractivity contribution in [3.63, 3.8) is 0 Å². The van der Waals surface area contributed by atoms with E-state index in [-0.39, 0.29) is 0 Å². The fourth-order valence-corrected chi connectivity index (χ4v) is 11.8. The molecule has 0 bridgehead atoms. The molecule has 67 heavy (non-hydrogen) atoms. The zero-order valence-electron chi connectivity index (χ0n) is 36.5. The number of hydrogen-bond acceptors (Lipinski definition) is 2. The fourth-order valence-electron chi connectivity index (χ4n) is 11.8. The third-order valence-corrected chi connectivity index (χ3v) is 14.5. The van der Waals surface area contributed by atoms with Crippen LogP contribution in [0.4, 0.5) is 17.1 Å². The summed E-state index contributed by atoms with van der Waals surface area (Å²) in [6, 6.07) is 91.2. The highest BCUT2D eigenvalue weighted by molar-refractivity contribution is 6.17. The van der Waals surface area contributed by atoms with Gasteiger partial charge in [0.05, 0.1) is 16.8 Å². The Hall–Kier alpha value is -8.72. The highest BCUT2D eigenvalue weighted by atomic mass is 16.3. The largest absolute Gasteiger partial charge is 0.456 e. The lowest BCUT2D eigenvalue weighted by atomic mass is 9.68. The van der Waals surface area contributed by atoms with Crippen LogP contribution in [0.1, 0.15) is 22.3 Å². The second kappa shape index (κ2) is 14.7. The van der Waals surface area contributed by atoms with Crippen LogP contribution >= 0.6 is 0 Å². The van der Waals surface area contributed by atoms with Crippen LogP contribution in [0.15, 0.2) is 253 Å². The number of nitrogens with zero attached hydrogens (tertiary/aromatic N) is 1. The molecule has 2 nitrogen and oxygen atoms in total. The van der Waals surface area contributed by atoms with Crippen molar-refractivity contribution in [1.82, 2.24) is 0 Å². The SMILES string of the molecule is c1ccc(-c2ccc(N(c3ccccc3-c3ccccc3)c3ccc(-c4cccc5c4C4(c6ccccc6-5)c5ccccc5-c5c4ccc4oc6ccccc6c54)c4ccccc34)cc2)cc1. The molecule has 12 aromatic rings. The highest BCUT2D eigenvalue weighted by Crippen LogP contribution is 2.66. The fraction of sp³-hybridized carbons (Fsp3) is 0.0154. The minimum atomic E-state index is -0.568. The van der Waals surface area contributed by atoms with Crippen molar-refractivity contribution in [2.45, 2.75) is 5.41 Å². The molecule has 1 atom stereocenters. The molecule has 2 aliphatic rings. The molecule has 0 amide bonds. The lowest BCUT2D eigenvalue weighted by Gasteiger charge is -2.33. The molecule has 0 saturated carbocycles. The van der Waals surface area contributed by atoms with Crippen LogP contribution in [0.5, 0.6) is 0 Å². The van der Waals surface area contributed by atoms with Gasteiger partial charge in [0, 0.05) is 27.4 Å². The Morgan fingerprint density at radius 3 is 1.64 bits per heavy atom. The van der Waals surface area contributed by atoms with Gasteiger partial charge in [0.1, 0.15) is 11.2 Å². The van der Waals surface area contributed by atoms with E-state index in [4.69, 9.17) is 4.42 Å². The van der Waals surface area contributed by atoms with E-state index in [0.29, 0.717) is 0 Å². The third kappa shape index (κ3) is 5.39. The van der Waals surface area contributed by atoms with Crippen molar-refractivity contribution in [3.05, 3.63) is 271 Å². The molecule has 0 aliphatic heterocycles. The average molecular weight is 852 g/mol. The molecular formula is C65H41NO. The Labute approximate surface area is 389 Å². The zero-order chi connectivity index (χ0) is 44.1. The molecule has 0 radical (unpaired) electrons. The van der Waals surface area contributed by atoms with Crippen LogP contribution in [0.2, 0.25) is 0 Å². The molecule has 2 heteroatoms. The first-order valence-corrected chi connectivity index (χ1v) is 23.2. The van der Waals surface area contributed by atoms with E-state index in [9.17, 15) is 0 Å². The zero-order valence-corrected chi connectivity index (χ0v) is 36.5. The molecule has 0 N–H and O–H groups in total. The topological polar surface area (TPSA) is 16.4 Å². The van der Waals surface area contributed by atoms with E-state index in [0.717, 1.165) is 33.6 Å². The molecule has 312 valence electrons. The molecule has 0 saturated heterocycles. The number of rotatable bonds is 6. The number of furan rings is 1. The minimum absolute atomic E-state index is 0.568. The van der Waals surface area contributed by atoms with Crippen molar-refractivity contribution in [2.75, 3.05) is 4.90 Å². The molecule has 1 spiro atoms. The number of fused-ring (bicyclic) bond motifs is 15. The van der Waals surface area contributed by atoms with Gasteiger partial charge in [0.15, 0.2) is 0 Å². The van der Waals surface area contributed by atoms with Gasteiger partial charge in [-0.3, -0.25) is 0 Å². The first kappa shape index (κ1) is 37.6. The Bertz CT molecular complexity index is 3920. The van der Waals surface area contributed by atoms with Crippen molar-refractivity contribution in [3.8, 4) is 55.6 Å². The first-order chi connectivity index (χ1) is 33.3. The van der Waals surface area contributed by atoms with Gasteiger partial charge in [-0.15, -0.1) is 0 Å². The van der Waals surface area contributed by atoms with Gasteiger partial charge in [0.25, 0.3) is 0 Å². The van der Waals surface area contributed by atoms with Gasteiger partial charge in [0.2, 0.25) is 0 Å². The van der Waals surface area contributed by atoms with Gasteiger partial charge in [-0.1, -0.05) is 212 Å². The summed E-state index contributed by atoms with van der Waals surface area (Å²) in [6.07, 6.45) is 0. The minimum Gasteiger partial charge on any atom is -0.456 e. The van der Waals surface area contributed by atoms with E-state index < -0.39 is 5.41 Å². The van der Waals surface area contributed by atoms with Crippen LogP contribution < -0.4 is 4.90 Å². The van der Waals surface area contributed by atoms with Crippen molar-refractivity contribution in [1.29, 1.82) is 0 Å². The maximum atomic E-state index is 6.57. The van der Waals surface area contributed by atoms with E-state index in [2.05, 4.69) is 254 Å². The average Bonchev–Trinajstić information content (AvgIpc) is 4.04. The molecular weight excluding hydrogens is 811 g/mol. The molecule has 0 fully saturated rings. The Kier molecular flexibility index (Phi) is 8.23. The van der Waals surface area contributed by atoms with E-state index in [1.807, 2.05) is 0 Å². The highest BCUT2D eigenvalue weighted by Gasteiger charge is 2.53. The van der Waals surface area contributed by atoms with Crippen LogP contribution in [-0.4, -0.2) is 0 Å². The summed E-state index contributed by atoms with van der Waals surface area (Å²) in [5, 5.41) is 4.71. The second-order valence-electron chi connectivity index (χ2n) is 17.8. The van der Waals surface area contributed by atoms with Crippen molar-refractivity contribution >= 4 is 49.8 Å². The first-order valence-electron chi connectivity index (χ1n) is 23.2. The lowest BCUT2D eigenvalue weighted by molar-refractivity contribution is 0.668. The summed E-state index contributed by atoms with van der Waals surface area (Å²) in [4.78, 5) is 2.46. The summed E-state index contributed by atoms with van der Waals surface area (Å²) >= 11 is 0. The van der Waals surface area contributed by atoms with Crippen LogP contribution in [0, 0.1) is 0 Å². The predicted octanol–water partition coefficient (Wildman–Crippen LogP) is 17.6. The Morgan fingerprint density at radius 2 is 0.866 bits per heavy atom. The van der Waals surface area contributed by atoms with E-state index in [1.54, 1.807) is 0 Å². The number of hydrogen-bond donors (Lipinski definition) is 0. The molecule has 11 aromatic carbocycles. The van der Waals surface area contributed by atoms with Gasteiger partial charge in [-0.05, 0) is 114 Å². The summed E-state index contributed by atoms with van der Waals surface area (Å²) in [5.74, 6) is 0. The Balaban J connectivity index is 1.03. The van der Waals surface area contributed by atoms with Crippen LogP contribution in [0.3, 0.4) is 0 Å². The lowest BCUT2D eigenvalue weighted by Crippen LogP contribution is -2.26. The number of anilines is 3. The normalized spacial score (nSPS) is 14.3. The smallest absolute Gasteiger partial charge is 0.136 e. The number of para-hydroxylation sites is 2. The second-order valence-corrected chi connectivity index (χ2v) is 17.8. The van der Waals surface area contributed by atoms with E-state index >= 15 is 0 Å². The third-order valence-electron chi connectivity index (χ3n) is 14.5. The monoisotopic (exact) mass is 851 g/mol. The molecule has 1 aromatic heterocycles. The maximum Gasteiger partial charge on any atom is 0.136 e. The van der Waals surface area contributed by atoms with Crippen molar-refractivity contribution < 1.29 is 4.42 Å². The summed E-state index contributed by atoms with van der Waals surface area (Å²) in [7, 11) is 0. The standard InChI is InChI=1S/C65H41NO/c1-3-18-42(19-4-1)43-34-36-45(37-35-43)66(58-32-15-11-22-46(58)44-20-5-2-6-21-44)59-40-38-48(47-23-7-8-25-50(47)59)51-28-17-29-52-49-24-9-13-30-55(49)65(64(51)52)56-31-14-10-26-53(56)62-57(65)39-41-61-63(62)54-27-12-16-33-60(54)67-61/h1-41H. The van der Waals surface area contributed by atoms with Crippen LogP contribution in [0.25, 0.3) is 88.3 Å². The number of benzene rings is 11. The predicted molar refractivity (Wildman–Crippen MR) is 279 cm³/mol. The van der Waals surface area contributed by atoms with Crippen LogP contribution in [-0.2, 0) is 5.41 Å². The maximum absolute atomic E-state index is 6.57. The Morgan fingerprint density at radius 1 is 0.299 bits per heavy atom. The molecule has 1 heterocycles. The molecule has 1 unspecified atom stereocenters. The van der Waals surface area contributed by atoms with Gasteiger partial charge in [-0.25, -0.2) is 0 Å². The van der Waals surface area contributed by atoms with Gasteiger partial charge in [-0.2, -0.15) is 0 Å². The summed E-state index contributed by atoms with van der Waals surface area (Å²) in [5.41, 5.74) is 22.1. The summed E-state index contributed by atoms with van der Waals surface area (Å²) < 4.78 is 6.57. The van der Waals surface area contributed by atoms with Gasteiger partial charge >= 0.3 is 0 Å². The quantitative estimate of drug-likeness (QED) is 0.166.